The van der Waals surface area contributed by atoms with Gasteiger partial charge in [0.25, 0.3) is 0 Å². The van der Waals surface area contributed by atoms with Crippen LogP contribution in [-0.2, 0) is 19.6 Å². The molecule has 0 aliphatic heterocycles. The van der Waals surface area contributed by atoms with Crippen LogP contribution in [0, 0.1) is 11.3 Å². The Morgan fingerprint density at radius 3 is 2.65 bits per heavy atom. The molecule has 0 fully saturated rings. The first-order valence-corrected chi connectivity index (χ1v) is 7.46. The molecular formula is C12H13ClN2O4S. The number of nitriles is 1. The summed E-state index contributed by atoms with van der Waals surface area (Å²) in [5, 5.41) is 8.78. The van der Waals surface area contributed by atoms with Gasteiger partial charge in [0.2, 0.25) is 10.0 Å². The van der Waals surface area contributed by atoms with E-state index in [2.05, 4.69) is 4.74 Å². The Hall–Kier alpha value is -1.62. The van der Waals surface area contributed by atoms with Gasteiger partial charge < -0.3 is 4.74 Å². The largest absolute Gasteiger partial charge is 0.465 e. The van der Waals surface area contributed by atoms with Gasteiger partial charge in [0.15, 0.2) is 0 Å². The van der Waals surface area contributed by atoms with E-state index in [1.165, 1.54) is 25.2 Å². The lowest BCUT2D eigenvalue weighted by molar-refractivity contribution is -0.143. The second-order valence-corrected chi connectivity index (χ2v) is 6.27. The maximum absolute atomic E-state index is 12.2. The Balaban J connectivity index is 3.02. The van der Waals surface area contributed by atoms with E-state index in [0.29, 0.717) is 0 Å². The van der Waals surface area contributed by atoms with Gasteiger partial charge in [-0.3, -0.25) is 4.79 Å². The molecule has 0 heterocycles. The summed E-state index contributed by atoms with van der Waals surface area (Å²) < 4.78 is 30.0. The highest BCUT2D eigenvalue weighted by molar-refractivity contribution is 7.89. The van der Waals surface area contributed by atoms with E-state index < -0.39 is 22.5 Å². The van der Waals surface area contributed by atoms with Gasteiger partial charge in [-0.2, -0.15) is 9.57 Å². The van der Waals surface area contributed by atoms with Crippen molar-refractivity contribution in [3.8, 4) is 6.07 Å². The lowest BCUT2D eigenvalue weighted by Crippen LogP contribution is -2.33. The molecule has 6 nitrogen and oxygen atoms in total. The van der Waals surface area contributed by atoms with Gasteiger partial charge in [0, 0.05) is 7.05 Å². The Morgan fingerprint density at radius 1 is 1.50 bits per heavy atom. The van der Waals surface area contributed by atoms with Crippen LogP contribution in [0.3, 0.4) is 0 Å². The number of halogens is 1. The minimum absolute atomic E-state index is 0.0399. The van der Waals surface area contributed by atoms with Crippen LogP contribution >= 0.6 is 11.6 Å². The normalized spacial score (nSPS) is 11.2. The highest BCUT2D eigenvalue weighted by atomic mass is 35.5. The third kappa shape index (κ3) is 3.70. The molecule has 0 spiro atoms. The monoisotopic (exact) mass is 316 g/mol. The van der Waals surface area contributed by atoms with Crippen LogP contribution in [0.4, 0.5) is 0 Å². The van der Waals surface area contributed by atoms with Gasteiger partial charge in [-0.25, -0.2) is 8.42 Å². The smallest absolute Gasteiger partial charge is 0.321 e. The number of nitrogens with zero attached hydrogens (tertiary/aromatic N) is 2. The van der Waals surface area contributed by atoms with Crippen LogP contribution in [-0.4, -0.2) is 38.9 Å². The zero-order valence-corrected chi connectivity index (χ0v) is 12.5. The van der Waals surface area contributed by atoms with Crippen molar-refractivity contribution < 1.29 is 17.9 Å². The molecule has 8 heteroatoms. The van der Waals surface area contributed by atoms with Crippen LogP contribution in [0.5, 0.6) is 0 Å². The number of carbonyl (C=O) groups excluding carboxylic acids is 1. The molecule has 0 amide bonds. The van der Waals surface area contributed by atoms with Crippen LogP contribution in [0.2, 0.25) is 5.02 Å². The maximum atomic E-state index is 12.2. The first-order valence-electron chi connectivity index (χ1n) is 5.64. The molecule has 108 valence electrons. The molecule has 20 heavy (non-hydrogen) atoms. The number of benzene rings is 1. The SMILES string of the molecule is CCOC(=O)CN(C)S(=O)(=O)c1ccc(C#N)c(Cl)c1. The third-order valence-electron chi connectivity index (χ3n) is 2.43. The quantitative estimate of drug-likeness (QED) is 0.766. The fraction of sp³-hybridized carbons (Fsp3) is 0.333. The van der Waals surface area contributed by atoms with Gasteiger partial charge in [-0.1, -0.05) is 11.6 Å². The topological polar surface area (TPSA) is 87.5 Å². The van der Waals surface area contributed by atoms with E-state index in [0.717, 1.165) is 4.31 Å². The summed E-state index contributed by atoms with van der Waals surface area (Å²) in [6, 6.07) is 5.59. The Labute approximate surface area is 122 Å². The molecule has 0 saturated carbocycles. The van der Waals surface area contributed by atoms with Crippen LogP contribution in [0.1, 0.15) is 12.5 Å². The van der Waals surface area contributed by atoms with E-state index in [4.69, 9.17) is 16.9 Å². The maximum Gasteiger partial charge on any atom is 0.321 e. The van der Waals surface area contributed by atoms with Crippen molar-refractivity contribution in [1.82, 2.24) is 4.31 Å². The number of rotatable bonds is 5. The number of hydrogen-bond donors (Lipinski definition) is 0. The second-order valence-electron chi connectivity index (χ2n) is 3.82. The van der Waals surface area contributed by atoms with Gasteiger partial charge in [-0.05, 0) is 25.1 Å². The predicted molar refractivity (Wildman–Crippen MR) is 72.6 cm³/mol. The molecule has 0 unspecified atom stereocenters. The summed E-state index contributed by atoms with van der Waals surface area (Å²) in [4.78, 5) is 11.2. The van der Waals surface area contributed by atoms with Gasteiger partial charge >= 0.3 is 5.97 Å². The van der Waals surface area contributed by atoms with E-state index in [9.17, 15) is 13.2 Å². The third-order valence-corrected chi connectivity index (χ3v) is 4.54. The lowest BCUT2D eigenvalue weighted by Gasteiger charge is -2.16. The van der Waals surface area contributed by atoms with Gasteiger partial charge in [0.1, 0.15) is 12.6 Å². The average molecular weight is 317 g/mol. The van der Waals surface area contributed by atoms with Gasteiger partial charge in [-0.15, -0.1) is 0 Å². The summed E-state index contributed by atoms with van der Waals surface area (Å²) in [5.74, 6) is -0.640. The number of ether oxygens (including phenoxy) is 1. The number of hydrogen-bond acceptors (Lipinski definition) is 5. The number of likely N-dealkylation sites (N-methyl/N-ethyl adjacent to an activating group) is 1. The van der Waals surface area contributed by atoms with E-state index >= 15 is 0 Å². The second kappa shape index (κ2) is 6.70. The fourth-order valence-corrected chi connectivity index (χ4v) is 2.83. The first kappa shape index (κ1) is 16.4. The van der Waals surface area contributed by atoms with Crippen molar-refractivity contribution in [3.63, 3.8) is 0 Å². The fourth-order valence-electron chi connectivity index (χ4n) is 1.40. The summed E-state index contributed by atoms with van der Waals surface area (Å²) in [5.41, 5.74) is 0.179. The molecule has 0 radical (unpaired) electrons. The zero-order valence-electron chi connectivity index (χ0n) is 11.0. The Bertz CT molecular complexity index is 652. The highest BCUT2D eigenvalue weighted by Crippen LogP contribution is 2.22. The molecule has 1 aromatic rings. The summed E-state index contributed by atoms with van der Waals surface area (Å²) in [6.07, 6.45) is 0. The number of sulfonamides is 1. The predicted octanol–water partition coefficient (Wildman–Crippen LogP) is 1.40. The molecule has 0 N–H and O–H groups in total. The van der Waals surface area contributed by atoms with E-state index in [1.807, 2.05) is 6.07 Å². The lowest BCUT2D eigenvalue weighted by atomic mass is 10.2. The molecule has 0 saturated heterocycles. The van der Waals surface area contributed by atoms with Crippen LogP contribution in [0.25, 0.3) is 0 Å². The van der Waals surface area contributed by atoms with Gasteiger partial charge in [0.05, 0.1) is 22.1 Å². The van der Waals surface area contributed by atoms with Crippen molar-refractivity contribution in [2.75, 3.05) is 20.2 Å². The molecule has 0 bridgehead atoms. The molecule has 0 aliphatic carbocycles. The van der Waals surface area contributed by atoms with Crippen molar-refractivity contribution in [3.05, 3.63) is 28.8 Å². The first-order chi connectivity index (χ1) is 9.32. The van der Waals surface area contributed by atoms with Crippen molar-refractivity contribution in [2.24, 2.45) is 0 Å². The summed E-state index contributed by atoms with van der Waals surface area (Å²) >= 11 is 5.80. The molecule has 1 rings (SSSR count). The number of carbonyl (C=O) groups is 1. The molecule has 0 aromatic heterocycles. The van der Waals surface area contributed by atoms with Crippen molar-refractivity contribution >= 4 is 27.6 Å². The van der Waals surface area contributed by atoms with Crippen LogP contribution < -0.4 is 0 Å². The molecule has 0 atom stereocenters. The van der Waals surface area contributed by atoms with E-state index in [1.54, 1.807) is 6.92 Å². The zero-order chi connectivity index (χ0) is 15.3. The van der Waals surface area contributed by atoms with Crippen molar-refractivity contribution in [1.29, 1.82) is 5.26 Å². The standard InChI is InChI=1S/C12H13ClN2O4S/c1-3-19-12(16)8-15(2)20(17,18)10-5-4-9(7-14)11(13)6-10/h4-6H,3,8H2,1-2H3. The highest BCUT2D eigenvalue weighted by Gasteiger charge is 2.24. The minimum Gasteiger partial charge on any atom is -0.465 e. The van der Waals surface area contributed by atoms with E-state index in [-0.39, 0.29) is 22.1 Å². The van der Waals surface area contributed by atoms with Crippen molar-refractivity contribution in [2.45, 2.75) is 11.8 Å². The van der Waals surface area contributed by atoms with Crippen LogP contribution in [0.15, 0.2) is 23.1 Å². The Morgan fingerprint density at radius 2 is 2.15 bits per heavy atom. The minimum atomic E-state index is -3.86. The number of esters is 1. The molecule has 0 aliphatic rings. The summed E-state index contributed by atoms with van der Waals surface area (Å²) in [6.45, 7) is 1.41. The summed E-state index contributed by atoms with van der Waals surface area (Å²) in [7, 11) is -2.60. The Kier molecular flexibility index (Phi) is 5.51. The molecule has 1 aromatic carbocycles. The molecular weight excluding hydrogens is 304 g/mol. The average Bonchev–Trinajstić information content (AvgIpc) is 2.38.